The number of carbonyl (C=O) groups is 2. The third-order valence-electron chi connectivity index (χ3n) is 4.07. The first-order valence-electron chi connectivity index (χ1n) is 7.86. The third-order valence-corrected chi connectivity index (χ3v) is 5.72. The average Bonchev–Trinajstić information content (AvgIpc) is 3.35. The highest BCUT2D eigenvalue weighted by molar-refractivity contribution is 7.16. The fraction of sp³-hybridized carbons (Fsp3) is 0.167. The lowest BCUT2D eigenvalue weighted by atomic mass is 10.1. The first-order valence-corrected chi connectivity index (χ1v) is 9.62. The molecule has 0 aliphatic carbocycles. The van der Waals surface area contributed by atoms with Crippen molar-refractivity contribution < 1.29 is 9.59 Å². The Kier molecular flexibility index (Phi) is 4.33. The number of amides is 2. The van der Waals surface area contributed by atoms with Crippen LogP contribution in [0, 0.1) is 5.92 Å². The molecular formula is C18H15N3O2S2. The number of aromatic nitrogens is 1. The topological polar surface area (TPSA) is 62.3 Å². The number of carbonyl (C=O) groups excluding carboxylic acids is 2. The molecule has 0 radical (unpaired) electrons. The lowest BCUT2D eigenvalue weighted by molar-refractivity contribution is -0.122. The van der Waals surface area contributed by atoms with Gasteiger partial charge in [-0.25, -0.2) is 4.98 Å². The maximum Gasteiger partial charge on any atom is 0.231 e. The number of thiazole rings is 1. The Labute approximate surface area is 152 Å². The maximum atomic E-state index is 12.5. The summed E-state index contributed by atoms with van der Waals surface area (Å²) in [7, 11) is 0. The van der Waals surface area contributed by atoms with Crippen LogP contribution >= 0.6 is 22.7 Å². The van der Waals surface area contributed by atoms with Gasteiger partial charge >= 0.3 is 0 Å². The minimum atomic E-state index is -0.359. The molecule has 2 amide bonds. The lowest BCUT2D eigenvalue weighted by Gasteiger charge is -2.16. The van der Waals surface area contributed by atoms with E-state index in [0.717, 1.165) is 16.3 Å². The van der Waals surface area contributed by atoms with Crippen molar-refractivity contribution in [3.63, 3.8) is 0 Å². The summed E-state index contributed by atoms with van der Waals surface area (Å²) in [5.41, 5.74) is 1.70. The Morgan fingerprint density at radius 2 is 2.00 bits per heavy atom. The minimum absolute atomic E-state index is 0.0234. The molecule has 25 heavy (non-hydrogen) atoms. The van der Waals surface area contributed by atoms with Crippen LogP contribution in [-0.4, -0.2) is 23.3 Å². The van der Waals surface area contributed by atoms with Crippen LogP contribution in [0.3, 0.4) is 0 Å². The number of hydrogen-bond acceptors (Lipinski definition) is 5. The minimum Gasteiger partial charge on any atom is -0.312 e. The number of nitrogens with zero attached hydrogens (tertiary/aromatic N) is 2. The van der Waals surface area contributed by atoms with E-state index in [1.807, 2.05) is 53.2 Å². The summed E-state index contributed by atoms with van der Waals surface area (Å²) in [6, 6.07) is 13.4. The first kappa shape index (κ1) is 16.0. The van der Waals surface area contributed by atoms with Gasteiger partial charge in [0.15, 0.2) is 5.13 Å². The monoisotopic (exact) mass is 369 g/mol. The number of thiophene rings is 1. The second-order valence-corrected chi connectivity index (χ2v) is 7.55. The molecule has 1 aliphatic heterocycles. The second-order valence-electron chi connectivity index (χ2n) is 5.75. The first-order chi connectivity index (χ1) is 12.2. The quantitative estimate of drug-likeness (QED) is 0.759. The molecule has 3 aromatic rings. The Morgan fingerprint density at radius 1 is 1.16 bits per heavy atom. The molecule has 1 saturated heterocycles. The predicted molar refractivity (Wildman–Crippen MR) is 101 cm³/mol. The van der Waals surface area contributed by atoms with Gasteiger partial charge in [0.05, 0.1) is 16.5 Å². The molecule has 1 atom stereocenters. The van der Waals surface area contributed by atoms with E-state index in [9.17, 15) is 9.59 Å². The SMILES string of the molecule is O=C(Nc1nc(-c2cccs2)cs1)C1CC(=O)N(c2ccccc2)C1. The largest absolute Gasteiger partial charge is 0.312 e. The Morgan fingerprint density at radius 3 is 2.76 bits per heavy atom. The van der Waals surface area contributed by atoms with Gasteiger partial charge in [-0.15, -0.1) is 22.7 Å². The van der Waals surface area contributed by atoms with Crippen LogP contribution in [0.2, 0.25) is 0 Å². The van der Waals surface area contributed by atoms with Gasteiger partial charge in [-0.2, -0.15) is 0 Å². The molecule has 4 rings (SSSR count). The van der Waals surface area contributed by atoms with Crippen molar-refractivity contribution in [2.24, 2.45) is 5.92 Å². The molecule has 2 aromatic heterocycles. The lowest BCUT2D eigenvalue weighted by Crippen LogP contribution is -2.28. The summed E-state index contributed by atoms with van der Waals surface area (Å²) in [6.45, 7) is 0.401. The standard InChI is InChI=1S/C18H15N3O2S2/c22-16-9-12(10-21(16)13-5-2-1-3-6-13)17(23)20-18-19-14(11-25-18)15-7-4-8-24-15/h1-8,11-12H,9-10H2,(H,19,20,23). The molecule has 0 spiro atoms. The fourth-order valence-electron chi connectivity index (χ4n) is 2.82. The number of para-hydroxylation sites is 1. The highest BCUT2D eigenvalue weighted by Crippen LogP contribution is 2.30. The van der Waals surface area contributed by atoms with Gasteiger partial charge < -0.3 is 10.2 Å². The zero-order valence-corrected chi connectivity index (χ0v) is 14.8. The van der Waals surface area contributed by atoms with Gasteiger partial charge in [0.2, 0.25) is 11.8 Å². The van der Waals surface area contributed by atoms with E-state index in [4.69, 9.17) is 0 Å². The van der Waals surface area contributed by atoms with Crippen molar-refractivity contribution in [3.05, 3.63) is 53.2 Å². The summed E-state index contributed by atoms with van der Waals surface area (Å²) in [4.78, 5) is 31.9. The van der Waals surface area contributed by atoms with Gasteiger partial charge in [-0.05, 0) is 23.6 Å². The molecule has 5 nitrogen and oxygen atoms in total. The predicted octanol–water partition coefficient (Wildman–Crippen LogP) is 3.86. The summed E-state index contributed by atoms with van der Waals surface area (Å²) < 4.78 is 0. The molecule has 3 heterocycles. The highest BCUT2D eigenvalue weighted by Gasteiger charge is 2.35. The van der Waals surface area contributed by atoms with E-state index < -0.39 is 0 Å². The average molecular weight is 369 g/mol. The van der Waals surface area contributed by atoms with Crippen molar-refractivity contribution in [2.45, 2.75) is 6.42 Å². The Balaban J connectivity index is 1.43. The van der Waals surface area contributed by atoms with Crippen molar-refractivity contribution in [3.8, 4) is 10.6 Å². The van der Waals surface area contributed by atoms with Crippen LogP contribution in [0.15, 0.2) is 53.2 Å². The fourth-order valence-corrected chi connectivity index (χ4v) is 4.29. The second kappa shape index (κ2) is 6.78. The van der Waals surface area contributed by atoms with Crippen molar-refractivity contribution in [2.75, 3.05) is 16.8 Å². The van der Waals surface area contributed by atoms with E-state index in [1.54, 1.807) is 16.2 Å². The molecule has 0 saturated carbocycles. The van der Waals surface area contributed by atoms with Crippen LogP contribution < -0.4 is 10.2 Å². The zero-order valence-electron chi connectivity index (χ0n) is 13.2. The molecule has 1 fully saturated rings. The van der Waals surface area contributed by atoms with Gasteiger partial charge in [0.1, 0.15) is 0 Å². The van der Waals surface area contributed by atoms with Crippen LogP contribution in [0.4, 0.5) is 10.8 Å². The van der Waals surface area contributed by atoms with E-state index in [1.165, 1.54) is 11.3 Å². The van der Waals surface area contributed by atoms with E-state index >= 15 is 0 Å². The summed E-state index contributed by atoms with van der Waals surface area (Å²) >= 11 is 3.01. The maximum absolute atomic E-state index is 12.5. The summed E-state index contributed by atoms with van der Waals surface area (Å²) in [6.07, 6.45) is 0.226. The molecule has 7 heteroatoms. The van der Waals surface area contributed by atoms with E-state index in [0.29, 0.717) is 11.7 Å². The molecule has 1 unspecified atom stereocenters. The van der Waals surface area contributed by atoms with Crippen LogP contribution in [0.5, 0.6) is 0 Å². The van der Waals surface area contributed by atoms with Gasteiger partial charge in [-0.3, -0.25) is 9.59 Å². The number of anilines is 2. The summed E-state index contributed by atoms with van der Waals surface area (Å²) in [5.74, 6) is -0.537. The number of nitrogens with one attached hydrogen (secondary N) is 1. The molecule has 126 valence electrons. The number of hydrogen-bond donors (Lipinski definition) is 1. The third kappa shape index (κ3) is 3.33. The van der Waals surface area contributed by atoms with Crippen LogP contribution in [0.25, 0.3) is 10.6 Å². The van der Waals surface area contributed by atoms with Crippen LogP contribution in [0.1, 0.15) is 6.42 Å². The van der Waals surface area contributed by atoms with E-state index in [-0.39, 0.29) is 24.2 Å². The highest BCUT2D eigenvalue weighted by atomic mass is 32.1. The van der Waals surface area contributed by atoms with Gasteiger partial charge in [0.25, 0.3) is 0 Å². The number of benzene rings is 1. The smallest absolute Gasteiger partial charge is 0.231 e. The molecule has 1 aromatic carbocycles. The van der Waals surface area contributed by atoms with Crippen molar-refractivity contribution in [1.82, 2.24) is 4.98 Å². The molecule has 1 aliphatic rings. The molecular weight excluding hydrogens is 354 g/mol. The summed E-state index contributed by atoms with van der Waals surface area (Å²) in [5, 5.41) is 7.34. The van der Waals surface area contributed by atoms with Crippen LogP contribution in [-0.2, 0) is 9.59 Å². The number of rotatable bonds is 4. The normalized spacial score (nSPS) is 17.0. The Bertz CT molecular complexity index is 890. The molecule has 0 bridgehead atoms. The van der Waals surface area contributed by atoms with E-state index in [2.05, 4.69) is 10.3 Å². The Hall–Kier alpha value is -2.51. The van der Waals surface area contributed by atoms with Gasteiger partial charge in [-0.1, -0.05) is 24.3 Å². The van der Waals surface area contributed by atoms with Gasteiger partial charge in [0, 0.05) is 24.0 Å². The van der Waals surface area contributed by atoms with Crippen molar-refractivity contribution >= 4 is 45.3 Å². The zero-order chi connectivity index (χ0) is 17.2. The molecule has 1 N–H and O–H groups in total. The van der Waals surface area contributed by atoms with Crippen molar-refractivity contribution in [1.29, 1.82) is 0 Å².